The molecule has 0 heterocycles. The Balaban J connectivity index is 2.07. The molecule has 0 bridgehead atoms. The van der Waals surface area contributed by atoms with Gasteiger partial charge in [-0.15, -0.1) is 0 Å². The highest BCUT2D eigenvalue weighted by Gasteiger charge is 2.26. The van der Waals surface area contributed by atoms with Gasteiger partial charge in [-0.2, -0.15) is 0 Å². The highest BCUT2D eigenvalue weighted by atomic mass is 79.9. The molecule has 18 heavy (non-hydrogen) atoms. The van der Waals surface area contributed by atoms with Gasteiger partial charge in [-0.25, -0.2) is 0 Å². The first-order valence-electron chi connectivity index (χ1n) is 6.82. The van der Waals surface area contributed by atoms with Crippen LogP contribution in [0.2, 0.25) is 0 Å². The van der Waals surface area contributed by atoms with Gasteiger partial charge in [0.05, 0.1) is 0 Å². The van der Waals surface area contributed by atoms with Crippen LogP contribution < -0.4 is 5.73 Å². The second kappa shape index (κ2) is 6.53. The molecular weight excluding hydrogens is 354 g/mol. The number of rotatable bonds is 3. The van der Waals surface area contributed by atoms with E-state index in [0.717, 1.165) is 14.9 Å². The third-order valence-corrected chi connectivity index (χ3v) is 5.51. The molecule has 0 radical (unpaired) electrons. The number of hydrogen-bond acceptors (Lipinski definition) is 1. The summed E-state index contributed by atoms with van der Waals surface area (Å²) in [6.07, 6.45) is 6.57. The molecule has 1 aromatic rings. The maximum absolute atomic E-state index is 6.48. The Hall–Kier alpha value is 0.140. The molecule has 0 amide bonds. The van der Waals surface area contributed by atoms with E-state index in [9.17, 15) is 0 Å². The van der Waals surface area contributed by atoms with Crippen molar-refractivity contribution in [3.8, 4) is 0 Å². The lowest BCUT2D eigenvalue weighted by molar-refractivity contribution is 0.239. The van der Waals surface area contributed by atoms with Crippen LogP contribution in [0.15, 0.2) is 27.1 Å². The summed E-state index contributed by atoms with van der Waals surface area (Å²) in [7, 11) is 0. The normalized spacial score (nSPS) is 26.0. The van der Waals surface area contributed by atoms with E-state index in [2.05, 4.69) is 50.9 Å². The predicted molar refractivity (Wildman–Crippen MR) is 84.5 cm³/mol. The smallest absolute Gasteiger partial charge is 0.0335 e. The first-order chi connectivity index (χ1) is 8.61. The summed E-state index contributed by atoms with van der Waals surface area (Å²) in [5.74, 6) is 1.57. The van der Waals surface area contributed by atoms with Crippen LogP contribution in [-0.4, -0.2) is 0 Å². The maximum atomic E-state index is 6.48. The summed E-state index contributed by atoms with van der Waals surface area (Å²) >= 11 is 7.16. The molecule has 0 aromatic heterocycles. The largest absolute Gasteiger partial charge is 0.324 e. The van der Waals surface area contributed by atoms with Gasteiger partial charge in [0.15, 0.2) is 0 Å². The lowest BCUT2D eigenvalue weighted by atomic mass is 9.76. The minimum Gasteiger partial charge on any atom is -0.324 e. The van der Waals surface area contributed by atoms with Crippen LogP contribution in [0.3, 0.4) is 0 Å². The molecule has 2 rings (SSSR count). The first kappa shape index (κ1) is 14.5. The summed E-state index contributed by atoms with van der Waals surface area (Å²) in [5, 5.41) is 0. The Morgan fingerprint density at radius 1 is 1.22 bits per heavy atom. The monoisotopic (exact) mass is 373 g/mol. The standard InChI is InChI=1S/C15H21Br2N/c1-2-10-3-5-11(6-4-10)15(18)13-9-12(16)7-8-14(13)17/h7-11,15H,2-6,18H2,1H3. The van der Waals surface area contributed by atoms with Crippen molar-refractivity contribution in [2.75, 3.05) is 0 Å². The van der Waals surface area contributed by atoms with Crippen LogP contribution in [0.5, 0.6) is 0 Å². The molecule has 1 atom stereocenters. The van der Waals surface area contributed by atoms with Crippen molar-refractivity contribution >= 4 is 31.9 Å². The maximum Gasteiger partial charge on any atom is 0.0335 e. The highest BCUT2D eigenvalue weighted by Crippen LogP contribution is 2.39. The van der Waals surface area contributed by atoms with E-state index < -0.39 is 0 Å². The van der Waals surface area contributed by atoms with Gasteiger partial charge in [-0.1, -0.05) is 58.0 Å². The third-order valence-electron chi connectivity index (χ3n) is 4.29. The molecule has 1 aromatic carbocycles. The van der Waals surface area contributed by atoms with Gasteiger partial charge in [0.1, 0.15) is 0 Å². The summed E-state index contributed by atoms with van der Waals surface area (Å²) < 4.78 is 2.24. The van der Waals surface area contributed by atoms with E-state index in [1.165, 1.54) is 37.7 Å². The third kappa shape index (κ3) is 3.37. The van der Waals surface area contributed by atoms with Crippen LogP contribution >= 0.6 is 31.9 Å². The van der Waals surface area contributed by atoms with E-state index in [1.807, 2.05) is 6.07 Å². The minimum absolute atomic E-state index is 0.162. The minimum atomic E-state index is 0.162. The second-order valence-corrected chi connectivity index (χ2v) is 7.15. The summed E-state index contributed by atoms with van der Waals surface area (Å²) in [6, 6.07) is 6.45. The van der Waals surface area contributed by atoms with Crippen molar-refractivity contribution in [1.82, 2.24) is 0 Å². The zero-order valence-electron chi connectivity index (χ0n) is 10.8. The molecule has 3 heteroatoms. The molecule has 100 valence electrons. The van der Waals surface area contributed by atoms with E-state index in [4.69, 9.17) is 5.73 Å². The van der Waals surface area contributed by atoms with Gasteiger partial charge in [0.2, 0.25) is 0 Å². The van der Waals surface area contributed by atoms with Crippen molar-refractivity contribution in [2.24, 2.45) is 17.6 Å². The van der Waals surface area contributed by atoms with E-state index in [-0.39, 0.29) is 6.04 Å². The van der Waals surface area contributed by atoms with Gasteiger partial charge >= 0.3 is 0 Å². The highest BCUT2D eigenvalue weighted by molar-refractivity contribution is 9.11. The molecule has 1 fully saturated rings. The average molecular weight is 375 g/mol. The summed E-state index contributed by atoms with van der Waals surface area (Å²) in [5.41, 5.74) is 7.72. The lowest BCUT2D eigenvalue weighted by Gasteiger charge is -2.32. The summed E-state index contributed by atoms with van der Waals surface area (Å²) in [4.78, 5) is 0. The van der Waals surface area contributed by atoms with Gasteiger partial charge < -0.3 is 5.73 Å². The number of halogens is 2. The predicted octanol–water partition coefficient (Wildman–Crippen LogP) is 5.43. The van der Waals surface area contributed by atoms with E-state index in [0.29, 0.717) is 5.92 Å². The van der Waals surface area contributed by atoms with Crippen molar-refractivity contribution in [2.45, 2.75) is 45.1 Å². The quantitative estimate of drug-likeness (QED) is 0.750. The first-order valence-corrected chi connectivity index (χ1v) is 8.41. The molecule has 2 N–H and O–H groups in total. The molecule has 1 nitrogen and oxygen atoms in total. The van der Waals surface area contributed by atoms with Gasteiger partial charge in [0.25, 0.3) is 0 Å². The van der Waals surface area contributed by atoms with Crippen LogP contribution in [-0.2, 0) is 0 Å². The number of nitrogens with two attached hydrogens (primary N) is 1. The van der Waals surface area contributed by atoms with Gasteiger partial charge in [-0.05, 0) is 48.4 Å². The van der Waals surface area contributed by atoms with Crippen molar-refractivity contribution < 1.29 is 0 Å². The molecule has 1 aliphatic rings. The van der Waals surface area contributed by atoms with Crippen molar-refractivity contribution in [3.63, 3.8) is 0 Å². The zero-order chi connectivity index (χ0) is 13.1. The van der Waals surface area contributed by atoms with E-state index in [1.54, 1.807) is 0 Å². The van der Waals surface area contributed by atoms with E-state index >= 15 is 0 Å². The Morgan fingerprint density at radius 2 is 1.89 bits per heavy atom. The SMILES string of the molecule is CCC1CCC(C(N)c2cc(Br)ccc2Br)CC1. The Labute approximate surface area is 127 Å². The Morgan fingerprint density at radius 3 is 2.50 bits per heavy atom. The summed E-state index contributed by atoms with van der Waals surface area (Å²) in [6.45, 7) is 2.30. The Kier molecular flexibility index (Phi) is 5.28. The van der Waals surface area contributed by atoms with Gasteiger partial charge in [-0.3, -0.25) is 0 Å². The second-order valence-electron chi connectivity index (χ2n) is 5.38. The fourth-order valence-corrected chi connectivity index (χ4v) is 3.87. The van der Waals surface area contributed by atoms with Crippen molar-refractivity contribution in [1.29, 1.82) is 0 Å². The van der Waals surface area contributed by atoms with Crippen LogP contribution in [0.4, 0.5) is 0 Å². The molecule has 1 saturated carbocycles. The Bertz CT molecular complexity index is 397. The van der Waals surface area contributed by atoms with Crippen LogP contribution in [0.25, 0.3) is 0 Å². The molecule has 0 aliphatic heterocycles. The topological polar surface area (TPSA) is 26.0 Å². The van der Waals surface area contributed by atoms with Crippen molar-refractivity contribution in [3.05, 3.63) is 32.7 Å². The molecule has 0 spiro atoms. The van der Waals surface area contributed by atoms with Crippen LogP contribution in [0, 0.1) is 11.8 Å². The van der Waals surface area contributed by atoms with Gasteiger partial charge in [0, 0.05) is 15.0 Å². The fourth-order valence-electron chi connectivity index (χ4n) is 2.98. The van der Waals surface area contributed by atoms with Crippen LogP contribution in [0.1, 0.15) is 50.6 Å². The fraction of sp³-hybridized carbons (Fsp3) is 0.600. The molecular formula is C15H21Br2N. The molecule has 0 saturated heterocycles. The zero-order valence-corrected chi connectivity index (χ0v) is 14.0. The average Bonchev–Trinajstić information content (AvgIpc) is 2.41. The molecule has 1 unspecified atom stereocenters. The number of benzene rings is 1. The lowest BCUT2D eigenvalue weighted by Crippen LogP contribution is -2.26. The number of hydrogen-bond donors (Lipinski definition) is 1. The molecule has 1 aliphatic carbocycles.